The lowest BCUT2D eigenvalue weighted by Crippen LogP contribution is -1.87. The Kier molecular flexibility index (Phi) is 6.19. The van der Waals surface area contributed by atoms with Crippen LogP contribution in [0, 0.1) is 0 Å². The average molecular weight is 196 g/mol. The van der Waals surface area contributed by atoms with Crippen LogP contribution >= 0.6 is 16.6 Å². The van der Waals surface area contributed by atoms with Crippen LogP contribution in [0.3, 0.4) is 0 Å². The highest BCUT2D eigenvalue weighted by Crippen LogP contribution is 2.58. The third-order valence-corrected chi connectivity index (χ3v) is 10.0. The van der Waals surface area contributed by atoms with Crippen molar-refractivity contribution < 1.29 is 0 Å². The molecule has 0 aromatic rings. The minimum absolute atomic E-state index is 0.950. The second kappa shape index (κ2) is 5.62. The van der Waals surface area contributed by atoms with Crippen LogP contribution in [0.5, 0.6) is 0 Å². The molecule has 3 heteroatoms. The third-order valence-electron chi connectivity index (χ3n) is 1.41. The summed E-state index contributed by atoms with van der Waals surface area (Å²) in [4.78, 5) is 0. The first-order valence-electron chi connectivity index (χ1n) is 3.91. The van der Waals surface area contributed by atoms with Crippen molar-refractivity contribution in [2.45, 2.75) is 27.2 Å². The quantitative estimate of drug-likeness (QED) is 0.617. The Morgan fingerprint density at radius 1 is 1.30 bits per heavy atom. The summed E-state index contributed by atoms with van der Waals surface area (Å²) >= 11 is 7.60. The van der Waals surface area contributed by atoms with Crippen LogP contribution in [0.25, 0.3) is 0 Å². The van der Waals surface area contributed by atoms with Gasteiger partial charge in [0.05, 0.1) is 0 Å². The van der Waals surface area contributed by atoms with Gasteiger partial charge in [0, 0.05) is 5.24 Å². The fourth-order valence-electron chi connectivity index (χ4n) is 0.890. The van der Waals surface area contributed by atoms with Crippen molar-refractivity contribution in [1.29, 1.82) is 0 Å². The normalized spacial score (nSPS) is 16.7. The minimum atomic E-state index is -0.950. The predicted molar refractivity (Wildman–Crippen MR) is 58.1 cm³/mol. The molecule has 0 aliphatic rings. The summed E-state index contributed by atoms with van der Waals surface area (Å²) in [6, 6.07) is 0. The van der Waals surface area contributed by atoms with Crippen molar-refractivity contribution >= 4 is 28.4 Å². The predicted octanol–water partition coefficient (Wildman–Crippen LogP) is 3.56. The van der Waals surface area contributed by atoms with Crippen molar-refractivity contribution in [3.8, 4) is 0 Å². The zero-order valence-corrected chi connectivity index (χ0v) is 9.62. The van der Waals surface area contributed by atoms with E-state index in [0.29, 0.717) is 0 Å². The van der Waals surface area contributed by atoms with Gasteiger partial charge in [-0.2, -0.15) is 0 Å². The second-order valence-electron chi connectivity index (χ2n) is 2.27. The Balaban J connectivity index is 3.83. The first-order valence-corrected chi connectivity index (χ1v) is 8.67. The Morgan fingerprint density at radius 3 is 2.20 bits per heavy atom. The molecule has 0 radical (unpaired) electrons. The van der Waals surface area contributed by atoms with Gasteiger partial charge < -0.3 is 0 Å². The summed E-state index contributed by atoms with van der Waals surface area (Å²) in [6.07, 6.45) is 3.78. The first-order chi connectivity index (χ1) is 4.68. The molecule has 0 bridgehead atoms. The molecule has 0 aliphatic carbocycles. The van der Waals surface area contributed by atoms with Gasteiger partial charge in [0.2, 0.25) is 0 Å². The largest absolute Gasteiger partial charge is 0.124 e. The standard InChI is InChI=1S/C7H17PS2/c1-4-7-8(9,5-2)10-6-3/h4-7H2,1-3H3. The number of rotatable bonds is 5. The van der Waals surface area contributed by atoms with Crippen molar-refractivity contribution in [2.75, 3.05) is 18.1 Å². The van der Waals surface area contributed by atoms with E-state index in [1.807, 2.05) is 11.4 Å². The van der Waals surface area contributed by atoms with E-state index in [1.165, 1.54) is 24.5 Å². The first kappa shape index (κ1) is 11.0. The average Bonchev–Trinajstić information content (AvgIpc) is 1.89. The Labute approximate surface area is 73.9 Å². The lowest BCUT2D eigenvalue weighted by molar-refractivity contribution is 1.10. The van der Waals surface area contributed by atoms with Crippen LogP contribution in [-0.4, -0.2) is 18.1 Å². The van der Waals surface area contributed by atoms with Gasteiger partial charge in [-0.05, 0) is 18.1 Å². The van der Waals surface area contributed by atoms with Crippen molar-refractivity contribution in [3.05, 3.63) is 0 Å². The topological polar surface area (TPSA) is 0 Å². The highest BCUT2D eigenvalue weighted by atomic mass is 32.9. The van der Waals surface area contributed by atoms with E-state index in [-0.39, 0.29) is 0 Å². The fourth-order valence-corrected chi connectivity index (χ4v) is 7.06. The van der Waals surface area contributed by atoms with Crippen LogP contribution in [-0.2, 0) is 11.8 Å². The van der Waals surface area contributed by atoms with Crippen molar-refractivity contribution in [3.63, 3.8) is 0 Å². The Bertz CT molecular complexity index is 113. The van der Waals surface area contributed by atoms with Crippen LogP contribution in [0.4, 0.5) is 0 Å². The summed E-state index contributed by atoms with van der Waals surface area (Å²) in [6.45, 7) is 6.67. The lowest BCUT2D eigenvalue weighted by Gasteiger charge is -2.17. The summed E-state index contributed by atoms with van der Waals surface area (Å²) in [5, 5.41) is -0.950. The smallest absolute Gasteiger partial charge is 0.00626 e. The summed E-state index contributed by atoms with van der Waals surface area (Å²) in [5.74, 6) is 1.20. The Morgan fingerprint density at radius 2 is 1.90 bits per heavy atom. The van der Waals surface area contributed by atoms with Crippen LogP contribution < -0.4 is 0 Å². The molecule has 0 heterocycles. The second-order valence-corrected chi connectivity index (χ2v) is 11.5. The summed E-state index contributed by atoms with van der Waals surface area (Å²) in [5.41, 5.74) is 0. The van der Waals surface area contributed by atoms with E-state index in [4.69, 9.17) is 11.8 Å². The summed E-state index contributed by atoms with van der Waals surface area (Å²) in [7, 11) is 0. The molecule has 0 N–H and O–H groups in total. The maximum Gasteiger partial charge on any atom is 0.00626 e. The molecule has 0 nitrogen and oxygen atoms in total. The van der Waals surface area contributed by atoms with Gasteiger partial charge in [-0.1, -0.05) is 39.0 Å². The molecule has 0 rings (SSSR count). The molecule has 1 atom stereocenters. The van der Waals surface area contributed by atoms with Crippen molar-refractivity contribution in [2.24, 2.45) is 0 Å². The van der Waals surface area contributed by atoms with Gasteiger partial charge in [-0.15, -0.1) is 11.4 Å². The van der Waals surface area contributed by atoms with E-state index >= 15 is 0 Å². The fraction of sp³-hybridized carbons (Fsp3) is 1.00. The molecule has 10 heavy (non-hydrogen) atoms. The van der Waals surface area contributed by atoms with Crippen LogP contribution in [0.1, 0.15) is 27.2 Å². The lowest BCUT2D eigenvalue weighted by atomic mass is 10.6. The zero-order chi connectivity index (χ0) is 8.04. The monoisotopic (exact) mass is 196 g/mol. The Hall–Kier alpha value is 1.00. The van der Waals surface area contributed by atoms with Crippen LogP contribution in [0.15, 0.2) is 0 Å². The molecule has 0 spiro atoms. The van der Waals surface area contributed by atoms with E-state index in [9.17, 15) is 0 Å². The van der Waals surface area contributed by atoms with Crippen molar-refractivity contribution in [1.82, 2.24) is 0 Å². The molecular formula is C7H17PS2. The maximum atomic E-state index is 5.58. The minimum Gasteiger partial charge on any atom is -0.124 e. The van der Waals surface area contributed by atoms with Gasteiger partial charge in [-0.3, -0.25) is 0 Å². The molecule has 1 unspecified atom stereocenters. The van der Waals surface area contributed by atoms with E-state index in [2.05, 4.69) is 20.8 Å². The zero-order valence-electron chi connectivity index (χ0n) is 7.09. The molecule has 0 saturated heterocycles. The number of hydrogen-bond acceptors (Lipinski definition) is 2. The van der Waals surface area contributed by atoms with E-state index in [1.54, 1.807) is 0 Å². The van der Waals surface area contributed by atoms with Gasteiger partial charge in [-0.25, -0.2) is 0 Å². The van der Waals surface area contributed by atoms with Gasteiger partial charge in [0.15, 0.2) is 0 Å². The number of hydrogen-bond donors (Lipinski definition) is 0. The molecule has 0 saturated carbocycles. The van der Waals surface area contributed by atoms with Gasteiger partial charge >= 0.3 is 0 Å². The third kappa shape index (κ3) is 4.00. The molecule has 62 valence electrons. The molecule has 0 amide bonds. The molecule has 0 aromatic heterocycles. The molecular weight excluding hydrogens is 179 g/mol. The highest BCUT2D eigenvalue weighted by Gasteiger charge is 2.11. The molecule has 0 fully saturated rings. The highest BCUT2D eigenvalue weighted by molar-refractivity contribution is 8.70. The van der Waals surface area contributed by atoms with Gasteiger partial charge in [0.25, 0.3) is 0 Å². The van der Waals surface area contributed by atoms with Crippen LogP contribution in [0.2, 0.25) is 0 Å². The molecule has 0 aliphatic heterocycles. The maximum absolute atomic E-state index is 5.58. The molecule has 0 aromatic carbocycles. The summed E-state index contributed by atoms with van der Waals surface area (Å²) < 4.78 is 0. The van der Waals surface area contributed by atoms with Gasteiger partial charge in [0.1, 0.15) is 0 Å². The SMILES string of the molecule is CCCP(=S)(CC)SCC. The van der Waals surface area contributed by atoms with E-state index in [0.717, 1.165) is 0 Å². The van der Waals surface area contributed by atoms with E-state index < -0.39 is 5.24 Å².